The molecular formula is C21H27N3O2. The summed E-state index contributed by atoms with van der Waals surface area (Å²) in [4.78, 5) is 22.2. The van der Waals surface area contributed by atoms with Crippen LogP contribution in [-0.4, -0.2) is 27.3 Å². The van der Waals surface area contributed by atoms with Gasteiger partial charge in [-0.2, -0.15) is 0 Å². The lowest BCUT2D eigenvalue weighted by Gasteiger charge is -2.22. The van der Waals surface area contributed by atoms with Gasteiger partial charge in [0.25, 0.3) is 5.91 Å². The first kappa shape index (κ1) is 18.2. The molecule has 0 saturated carbocycles. The molecule has 0 aliphatic heterocycles. The van der Waals surface area contributed by atoms with Gasteiger partial charge in [-0.25, -0.2) is 4.98 Å². The van der Waals surface area contributed by atoms with E-state index in [1.807, 2.05) is 35.2 Å². The number of carbonyl (C=O) groups excluding carboxylic acids is 1. The highest BCUT2D eigenvalue weighted by Crippen LogP contribution is 2.16. The fraction of sp³-hybridized carbons (Fsp3) is 0.429. The van der Waals surface area contributed by atoms with Crippen molar-refractivity contribution in [1.29, 1.82) is 0 Å². The number of hydrogen-bond acceptors (Lipinski definition) is 3. The van der Waals surface area contributed by atoms with Crippen LogP contribution in [0.3, 0.4) is 0 Å². The van der Waals surface area contributed by atoms with E-state index >= 15 is 0 Å². The van der Waals surface area contributed by atoms with Gasteiger partial charge in [-0.05, 0) is 36.8 Å². The van der Waals surface area contributed by atoms with Gasteiger partial charge in [0, 0.05) is 12.1 Å². The summed E-state index contributed by atoms with van der Waals surface area (Å²) in [6, 6.07) is 9.39. The number of unbranched alkanes of at least 4 members (excludes halogenated alkanes) is 5. The third-order valence-corrected chi connectivity index (χ3v) is 4.66. The maximum Gasteiger partial charge on any atom is 0.254 e. The highest BCUT2D eigenvalue weighted by atomic mass is 16.3. The number of benzene rings is 1. The Hall–Kier alpha value is -2.56. The molecule has 138 valence electrons. The molecule has 0 bridgehead atoms. The third kappa shape index (κ3) is 4.75. The number of carbonyl (C=O) groups is 1. The number of hydrogen-bond donors (Lipinski definition) is 1. The van der Waals surface area contributed by atoms with Crippen molar-refractivity contribution in [2.75, 3.05) is 6.54 Å². The van der Waals surface area contributed by atoms with Crippen LogP contribution in [0.5, 0.6) is 0 Å². The molecule has 0 spiro atoms. The van der Waals surface area contributed by atoms with Crippen LogP contribution in [-0.2, 0) is 6.54 Å². The van der Waals surface area contributed by atoms with E-state index in [9.17, 15) is 4.79 Å². The van der Waals surface area contributed by atoms with Crippen molar-refractivity contribution < 1.29 is 9.21 Å². The minimum absolute atomic E-state index is 0.0338. The molecule has 1 N–H and O–H groups in total. The minimum atomic E-state index is 0.0338. The molecule has 1 amide bonds. The van der Waals surface area contributed by atoms with E-state index in [-0.39, 0.29) is 5.91 Å². The Bertz CT molecular complexity index is 808. The molecule has 0 aliphatic carbocycles. The number of nitrogens with one attached hydrogen (secondary N) is 1. The van der Waals surface area contributed by atoms with Crippen LogP contribution in [0.1, 0.15) is 61.6 Å². The van der Waals surface area contributed by atoms with Crippen molar-refractivity contribution in [2.24, 2.45) is 0 Å². The van der Waals surface area contributed by atoms with Gasteiger partial charge in [-0.1, -0.05) is 39.0 Å². The average molecular weight is 353 g/mol. The zero-order valence-corrected chi connectivity index (χ0v) is 15.4. The van der Waals surface area contributed by atoms with E-state index in [2.05, 4.69) is 16.9 Å². The predicted molar refractivity (Wildman–Crippen MR) is 103 cm³/mol. The van der Waals surface area contributed by atoms with Crippen LogP contribution < -0.4 is 0 Å². The highest BCUT2D eigenvalue weighted by molar-refractivity contribution is 5.97. The molecule has 3 rings (SSSR count). The first-order valence-electron chi connectivity index (χ1n) is 9.52. The topological polar surface area (TPSA) is 62.1 Å². The van der Waals surface area contributed by atoms with Gasteiger partial charge in [-0.3, -0.25) is 4.79 Å². The second-order valence-corrected chi connectivity index (χ2v) is 6.71. The molecule has 2 aromatic heterocycles. The molecule has 26 heavy (non-hydrogen) atoms. The Morgan fingerprint density at radius 1 is 1.15 bits per heavy atom. The smallest absolute Gasteiger partial charge is 0.254 e. The quantitative estimate of drug-likeness (QED) is 0.512. The van der Waals surface area contributed by atoms with E-state index in [1.54, 1.807) is 12.6 Å². The third-order valence-electron chi connectivity index (χ3n) is 4.66. The Morgan fingerprint density at radius 2 is 2.00 bits per heavy atom. The van der Waals surface area contributed by atoms with Gasteiger partial charge >= 0.3 is 0 Å². The lowest BCUT2D eigenvalue weighted by Crippen LogP contribution is -2.31. The second kappa shape index (κ2) is 9.22. The molecule has 0 radical (unpaired) electrons. The van der Waals surface area contributed by atoms with Crippen molar-refractivity contribution in [2.45, 2.75) is 52.0 Å². The molecule has 0 saturated heterocycles. The number of aromatic amines is 1. The maximum absolute atomic E-state index is 13.1. The van der Waals surface area contributed by atoms with E-state index in [0.29, 0.717) is 12.1 Å². The summed E-state index contributed by atoms with van der Waals surface area (Å²) < 4.78 is 5.46. The maximum atomic E-state index is 13.1. The number of rotatable bonds is 10. The van der Waals surface area contributed by atoms with Crippen molar-refractivity contribution >= 4 is 16.9 Å². The Balaban J connectivity index is 1.65. The van der Waals surface area contributed by atoms with Crippen LogP contribution in [0.15, 0.2) is 47.3 Å². The molecule has 5 heteroatoms. The lowest BCUT2D eigenvalue weighted by atomic mass is 10.1. The first-order valence-corrected chi connectivity index (χ1v) is 9.52. The summed E-state index contributed by atoms with van der Waals surface area (Å²) in [6.45, 7) is 3.47. The van der Waals surface area contributed by atoms with Gasteiger partial charge < -0.3 is 14.3 Å². The SMILES string of the molecule is CCCCCCCCN(Cc1ccco1)C(=O)c1ccc2nc[nH]c2c1. The summed E-state index contributed by atoms with van der Waals surface area (Å²) in [5.41, 5.74) is 2.43. The van der Waals surface area contributed by atoms with Gasteiger partial charge in [0.15, 0.2) is 0 Å². The number of fused-ring (bicyclic) bond motifs is 1. The molecule has 2 heterocycles. The monoisotopic (exact) mass is 353 g/mol. The molecule has 0 atom stereocenters. The average Bonchev–Trinajstić information content (AvgIpc) is 3.33. The lowest BCUT2D eigenvalue weighted by molar-refractivity contribution is 0.0728. The molecular weight excluding hydrogens is 326 g/mol. The van der Waals surface area contributed by atoms with Crippen LogP contribution in [0.25, 0.3) is 11.0 Å². The van der Waals surface area contributed by atoms with E-state index in [4.69, 9.17) is 4.42 Å². The molecule has 0 fully saturated rings. The highest BCUT2D eigenvalue weighted by Gasteiger charge is 2.17. The Morgan fingerprint density at radius 3 is 2.81 bits per heavy atom. The Kier molecular flexibility index (Phi) is 6.47. The van der Waals surface area contributed by atoms with Crippen LogP contribution >= 0.6 is 0 Å². The summed E-state index contributed by atoms with van der Waals surface area (Å²) in [5.74, 6) is 0.846. The second-order valence-electron chi connectivity index (χ2n) is 6.71. The summed E-state index contributed by atoms with van der Waals surface area (Å²) in [6.07, 6.45) is 10.5. The van der Waals surface area contributed by atoms with Crippen molar-refractivity contribution in [1.82, 2.24) is 14.9 Å². The molecule has 5 nitrogen and oxygen atoms in total. The first-order chi connectivity index (χ1) is 12.8. The summed E-state index contributed by atoms with van der Waals surface area (Å²) in [7, 11) is 0. The van der Waals surface area contributed by atoms with Crippen molar-refractivity contribution in [3.8, 4) is 0 Å². The van der Waals surface area contributed by atoms with Gasteiger partial charge in [0.05, 0.1) is 30.2 Å². The van der Waals surface area contributed by atoms with Gasteiger partial charge in [0.2, 0.25) is 0 Å². The van der Waals surface area contributed by atoms with E-state index in [0.717, 1.165) is 36.2 Å². The number of amides is 1. The van der Waals surface area contributed by atoms with Crippen LogP contribution in [0.4, 0.5) is 0 Å². The van der Waals surface area contributed by atoms with Crippen LogP contribution in [0, 0.1) is 0 Å². The number of aromatic nitrogens is 2. The standard InChI is InChI=1S/C21H27N3O2/c1-2-3-4-5-6-7-12-24(15-18-9-8-13-26-18)21(25)17-10-11-19-20(14-17)23-16-22-19/h8-11,13-14,16H,2-7,12,15H2,1H3,(H,22,23). The van der Waals surface area contributed by atoms with Gasteiger partial charge in [0.1, 0.15) is 5.76 Å². The summed E-state index contributed by atoms with van der Waals surface area (Å²) >= 11 is 0. The molecule has 3 aromatic rings. The molecule has 1 aromatic carbocycles. The fourth-order valence-electron chi connectivity index (χ4n) is 3.18. The van der Waals surface area contributed by atoms with E-state index < -0.39 is 0 Å². The van der Waals surface area contributed by atoms with Crippen LogP contribution in [0.2, 0.25) is 0 Å². The molecule has 0 aliphatic rings. The predicted octanol–water partition coefficient (Wildman–Crippen LogP) is 5.16. The molecule has 0 unspecified atom stereocenters. The van der Waals surface area contributed by atoms with E-state index in [1.165, 1.54) is 25.7 Å². The summed E-state index contributed by atoms with van der Waals surface area (Å²) in [5, 5.41) is 0. The number of furan rings is 1. The normalized spacial score (nSPS) is 11.1. The van der Waals surface area contributed by atoms with Crippen molar-refractivity contribution in [3.05, 3.63) is 54.2 Å². The largest absolute Gasteiger partial charge is 0.467 e. The Labute approximate surface area is 154 Å². The number of H-pyrrole nitrogens is 1. The number of nitrogens with zero attached hydrogens (tertiary/aromatic N) is 2. The zero-order chi connectivity index (χ0) is 18.2. The zero-order valence-electron chi connectivity index (χ0n) is 15.4. The van der Waals surface area contributed by atoms with Gasteiger partial charge in [-0.15, -0.1) is 0 Å². The van der Waals surface area contributed by atoms with Crippen molar-refractivity contribution in [3.63, 3.8) is 0 Å². The number of imidazole rings is 1. The minimum Gasteiger partial charge on any atom is -0.467 e. The fourth-order valence-corrected chi connectivity index (χ4v) is 3.18.